The average molecular weight is 358 g/mol. The molecule has 0 saturated carbocycles. The Bertz CT molecular complexity index is 961. The smallest absolute Gasteiger partial charge is 0.140 e. The van der Waals surface area contributed by atoms with E-state index >= 15 is 0 Å². The first-order valence-electron chi connectivity index (χ1n) is 10.1. The Morgan fingerprint density at radius 3 is 2.63 bits per heavy atom. The molecule has 1 aliphatic carbocycles. The zero-order chi connectivity index (χ0) is 18.4. The number of H-pyrrole nitrogens is 1. The Hall–Kier alpha value is -2.55. The molecule has 1 saturated heterocycles. The van der Waals surface area contributed by atoms with Gasteiger partial charge in [0, 0.05) is 36.3 Å². The molecule has 1 aliphatic heterocycles. The SMILES string of the molecule is CCC(=O)C1CC2(CCN(c3cc4ccccc4[nH]3)CC2)c2ccccc21. The summed E-state index contributed by atoms with van der Waals surface area (Å²) < 4.78 is 0. The molecule has 0 amide bonds. The summed E-state index contributed by atoms with van der Waals surface area (Å²) in [5.41, 5.74) is 4.11. The van der Waals surface area contributed by atoms with Crippen molar-refractivity contribution in [3.8, 4) is 0 Å². The third-order valence-corrected chi connectivity index (χ3v) is 6.82. The van der Waals surface area contributed by atoms with Crippen LogP contribution in [-0.2, 0) is 10.2 Å². The van der Waals surface area contributed by atoms with Gasteiger partial charge in [0.05, 0.1) is 0 Å². The minimum absolute atomic E-state index is 0.103. The van der Waals surface area contributed by atoms with Crippen LogP contribution in [0.3, 0.4) is 0 Å². The second-order valence-electron chi connectivity index (χ2n) is 8.17. The highest BCUT2D eigenvalue weighted by molar-refractivity contribution is 5.87. The van der Waals surface area contributed by atoms with Crippen molar-refractivity contribution in [3.05, 3.63) is 65.7 Å². The van der Waals surface area contributed by atoms with Crippen molar-refractivity contribution in [1.29, 1.82) is 0 Å². The quantitative estimate of drug-likeness (QED) is 0.701. The molecule has 27 heavy (non-hydrogen) atoms. The minimum Gasteiger partial charge on any atom is -0.358 e. The van der Waals surface area contributed by atoms with Crippen LogP contribution in [-0.4, -0.2) is 23.9 Å². The van der Waals surface area contributed by atoms with Gasteiger partial charge in [-0.1, -0.05) is 49.4 Å². The van der Waals surface area contributed by atoms with Crippen LogP contribution in [0.25, 0.3) is 10.9 Å². The second-order valence-corrected chi connectivity index (χ2v) is 8.17. The Balaban J connectivity index is 1.41. The van der Waals surface area contributed by atoms with Crippen molar-refractivity contribution < 1.29 is 4.79 Å². The standard InChI is InChI=1S/C24H26N2O/c1-2-22(27)19-16-24(20-9-5-4-8-18(19)20)11-13-26(14-12-24)23-15-17-7-3-6-10-21(17)25-23/h3-10,15,19,25H,2,11-14,16H2,1H3. The first-order valence-corrected chi connectivity index (χ1v) is 10.1. The molecule has 1 N–H and O–H groups in total. The van der Waals surface area contributed by atoms with Gasteiger partial charge in [-0.3, -0.25) is 4.79 Å². The number of para-hydroxylation sites is 1. The van der Waals surface area contributed by atoms with Crippen LogP contribution in [0, 0.1) is 0 Å². The number of benzene rings is 2. The van der Waals surface area contributed by atoms with E-state index in [1.807, 2.05) is 6.92 Å². The molecule has 1 atom stereocenters. The summed E-state index contributed by atoms with van der Waals surface area (Å²) in [6.45, 7) is 4.07. The van der Waals surface area contributed by atoms with Crippen LogP contribution in [0.15, 0.2) is 54.6 Å². The number of fused-ring (bicyclic) bond motifs is 3. The van der Waals surface area contributed by atoms with Crippen LogP contribution in [0.1, 0.15) is 49.7 Å². The number of nitrogens with zero attached hydrogens (tertiary/aromatic N) is 1. The first-order chi connectivity index (χ1) is 13.2. The summed E-state index contributed by atoms with van der Waals surface area (Å²) in [4.78, 5) is 18.6. The van der Waals surface area contributed by atoms with Gasteiger partial charge in [0.25, 0.3) is 0 Å². The Kier molecular flexibility index (Phi) is 3.85. The summed E-state index contributed by atoms with van der Waals surface area (Å²) in [5.74, 6) is 1.72. The largest absolute Gasteiger partial charge is 0.358 e. The van der Waals surface area contributed by atoms with Gasteiger partial charge in [0.1, 0.15) is 11.6 Å². The number of Topliss-reactive ketones (excluding diaryl/α,β-unsaturated/α-hetero) is 1. The van der Waals surface area contributed by atoms with Crippen molar-refractivity contribution >= 4 is 22.5 Å². The number of anilines is 1. The monoisotopic (exact) mass is 358 g/mol. The molecule has 1 aromatic heterocycles. The lowest BCUT2D eigenvalue weighted by atomic mass is 9.73. The van der Waals surface area contributed by atoms with Crippen LogP contribution in [0.2, 0.25) is 0 Å². The molecular weight excluding hydrogens is 332 g/mol. The fraction of sp³-hybridized carbons (Fsp3) is 0.375. The van der Waals surface area contributed by atoms with Crippen molar-refractivity contribution in [3.63, 3.8) is 0 Å². The fourth-order valence-electron chi connectivity index (χ4n) is 5.31. The number of rotatable bonds is 3. The van der Waals surface area contributed by atoms with Gasteiger partial charge in [0.15, 0.2) is 0 Å². The highest BCUT2D eigenvalue weighted by Crippen LogP contribution is 2.52. The van der Waals surface area contributed by atoms with E-state index in [1.54, 1.807) is 0 Å². The Morgan fingerprint density at radius 1 is 1.11 bits per heavy atom. The van der Waals surface area contributed by atoms with E-state index in [0.717, 1.165) is 32.4 Å². The molecule has 3 aromatic rings. The molecule has 2 aromatic carbocycles. The predicted octanol–water partition coefficient (Wildman–Crippen LogP) is 5.17. The van der Waals surface area contributed by atoms with Gasteiger partial charge in [-0.2, -0.15) is 0 Å². The summed E-state index contributed by atoms with van der Waals surface area (Å²) in [5, 5.41) is 1.27. The number of carbonyl (C=O) groups is 1. The molecule has 1 spiro atoms. The Morgan fingerprint density at radius 2 is 1.85 bits per heavy atom. The molecule has 0 radical (unpaired) electrons. The zero-order valence-electron chi connectivity index (χ0n) is 15.9. The van der Waals surface area contributed by atoms with Crippen LogP contribution >= 0.6 is 0 Å². The van der Waals surface area contributed by atoms with E-state index in [9.17, 15) is 4.79 Å². The topological polar surface area (TPSA) is 36.1 Å². The molecule has 1 fully saturated rings. The van der Waals surface area contributed by atoms with Crippen LogP contribution in [0.4, 0.5) is 5.82 Å². The summed E-state index contributed by atoms with van der Waals surface area (Å²) in [6.07, 6.45) is 3.87. The maximum absolute atomic E-state index is 12.6. The molecule has 3 heteroatoms. The summed E-state index contributed by atoms with van der Waals surface area (Å²) in [7, 11) is 0. The van der Waals surface area contributed by atoms with Crippen molar-refractivity contribution in [2.24, 2.45) is 0 Å². The fourth-order valence-corrected chi connectivity index (χ4v) is 5.31. The maximum atomic E-state index is 12.6. The van der Waals surface area contributed by atoms with E-state index in [4.69, 9.17) is 0 Å². The van der Waals surface area contributed by atoms with Gasteiger partial charge in [-0.15, -0.1) is 0 Å². The van der Waals surface area contributed by atoms with E-state index in [-0.39, 0.29) is 11.3 Å². The van der Waals surface area contributed by atoms with Gasteiger partial charge < -0.3 is 9.88 Å². The molecule has 2 aliphatic rings. The molecule has 2 heterocycles. The first kappa shape index (κ1) is 16.6. The second kappa shape index (κ2) is 6.26. The van der Waals surface area contributed by atoms with Gasteiger partial charge >= 0.3 is 0 Å². The third kappa shape index (κ3) is 2.60. The van der Waals surface area contributed by atoms with Gasteiger partial charge in [-0.05, 0) is 47.9 Å². The molecule has 3 nitrogen and oxygen atoms in total. The predicted molar refractivity (Wildman–Crippen MR) is 111 cm³/mol. The number of aromatic amines is 1. The number of nitrogens with one attached hydrogen (secondary N) is 1. The number of carbonyl (C=O) groups excluding carboxylic acids is 1. The van der Waals surface area contributed by atoms with Gasteiger partial charge in [-0.25, -0.2) is 0 Å². The molecule has 0 bridgehead atoms. The number of piperidine rings is 1. The van der Waals surface area contributed by atoms with Crippen molar-refractivity contribution in [2.75, 3.05) is 18.0 Å². The van der Waals surface area contributed by atoms with Crippen molar-refractivity contribution in [2.45, 2.75) is 43.9 Å². The highest BCUT2D eigenvalue weighted by atomic mass is 16.1. The van der Waals surface area contributed by atoms with Crippen LogP contribution < -0.4 is 4.90 Å². The van der Waals surface area contributed by atoms with Crippen LogP contribution in [0.5, 0.6) is 0 Å². The lowest BCUT2D eigenvalue weighted by molar-refractivity contribution is -0.120. The lowest BCUT2D eigenvalue weighted by Gasteiger charge is -2.41. The normalized spacial score (nSPS) is 20.9. The van der Waals surface area contributed by atoms with Gasteiger partial charge in [0.2, 0.25) is 0 Å². The highest BCUT2D eigenvalue weighted by Gasteiger charge is 2.46. The number of hydrogen-bond acceptors (Lipinski definition) is 2. The number of aromatic nitrogens is 1. The number of hydrogen-bond donors (Lipinski definition) is 1. The molecular formula is C24H26N2O. The zero-order valence-corrected chi connectivity index (χ0v) is 15.9. The van der Waals surface area contributed by atoms with Crippen molar-refractivity contribution in [1.82, 2.24) is 4.98 Å². The minimum atomic E-state index is 0.103. The molecule has 5 rings (SSSR count). The van der Waals surface area contributed by atoms with E-state index < -0.39 is 0 Å². The summed E-state index contributed by atoms with van der Waals surface area (Å²) >= 11 is 0. The molecule has 1 unspecified atom stereocenters. The molecule has 138 valence electrons. The van der Waals surface area contributed by atoms with E-state index in [2.05, 4.69) is 64.5 Å². The Labute approximate surface area is 160 Å². The maximum Gasteiger partial charge on any atom is 0.140 e. The lowest BCUT2D eigenvalue weighted by Crippen LogP contribution is -2.42. The number of ketones is 1. The third-order valence-electron chi connectivity index (χ3n) is 6.82. The summed E-state index contributed by atoms with van der Waals surface area (Å²) in [6, 6.07) is 19.4. The van der Waals surface area contributed by atoms with E-state index in [1.165, 1.54) is 27.8 Å². The average Bonchev–Trinajstić information content (AvgIpc) is 3.28. The van der Waals surface area contributed by atoms with E-state index in [0.29, 0.717) is 12.2 Å².